The minimum atomic E-state index is -0.460. The Hall–Kier alpha value is -1.45. The molecule has 4 heteroatoms. The highest BCUT2D eigenvalue weighted by molar-refractivity contribution is 5.81. The van der Waals surface area contributed by atoms with E-state index in [9.17, 15) is 9.59 Å². The molecule has 1 aromatic rings. The van der Waals surface area contributed by atoms with E-state index >= 15 is 0 Å². The molecule has 0 spiro atoms. The maximum absolute atomic E-state index is 11.3. The van der Waals surface area contributed by atoms with Crippen molar-refractivity contribution in [2.75, 3.05) is 0 Å². The van der Waals surface area contributed by atoms with Crippen molar-refractivity contribution in [1.82, 2.24) is 9.78 Å². The average molecular weight is 180 g/mol. The number of carbonyl (C=O) groups is 1. The minimum Gasteiger partial charge on any atom is -0.297 e. The molecular weight excluding hydrogens is 168 g/mol. The second-order valence-corrected chi connectivity index (χ2v) is 2.80. The average Bonchev–Trinajstić information content (AvgIpc) is 2.16. The van der Waals surface area contributed by atoms with Gasteiger partial charge in [-0.1, -0.05) is 6.92 Å². The van der Waals surface area contributed by atoms with Crippen LogP contribution in [0.5, 0.6) is 0 Å². The second kappa shape index (κ2) is 3.98. The second-order valence-electron chi connectivity index (χ2n) is 2.80. The summed E-state index contributed by atoms with van der Waals surface area (Å²) >= 11 is 0. The molecule has 0 fully saturated rings. The van der Waals surface area contributed by atoms with Gasteiger partial charge in [0, 0.05) is 18.7 Å². The zero-order chi connectivity index (χ0) is 9.84. The summed E-state index contributed by atoms with van der Waals surface area (Å²) < 4.78 is 1.20. The molecule has 4 nitrogen and oxygen atoms in total. The number of Topliss-reactive ketones (excluding diaryl/α,β-unsaturated/α-hetero) is 1. The molecule has 1 unspecified atom stereocenters. The van der Waals surface area contributed by atoms with Crippen LogP contribution in [0, 0.1) is 0 Å². The smallest absolute Gasteiger partial charge is 0.267 e. The Bertz CT molecular complexity index is 357. The first kappa shape index (κ1) is 9.64. The van der Waals surface area contributed by atoms with Crippen molar-refractivity contribution >= 4 is 5.78 Å². The van der Waals surface area contributed by atoms with E-state index in [2.05, 4.69) is 5.10 Å². The van der Waals surface area contributed by atoms with Gasteiger partial charge in [-0.05, 0) is 13.0 Å². The van der Waals surface area contributed by atoms with Crippen LogP contribution in [0.1, 0.15) is 26.3 Å². The number of hydrogen-bond donors (Lipinski definition) is 0. The van der Waals surface area contributed by atoms with E-state index in [-0.39, 0.29) is 11.3 Å². The van der Waals surface area contributed by atoms with E-state index in [0.29, 0.717) is 6.42 Å². The minimum absolute atomic E-state index is 0.0146. The molecule has 0 bridgehead atoms. The molecule has 0 amide bonds. The first-order valence-corrected chi connectivity index (χ1v) is 4.23. The van der Waals surface area contributed by atoms with E-state index in [4.69, 9.17) is 0 Å². The highest BCUT2D eigenvalue weighted by atomic mass is 16.1. The topological polar surface area (TPSA) is 52.0 Å². The van der Waals surface area contributed by atoms with Crippen molar-refractivity contribution in [1.29, 1.82) is 0 Å². The quantitative estimate of drug-likeness (QED) is 0.690. The fraction of sp³-hybridized carbons (Fsp3) is 0.444. The van der Waals surface area contributed by atoms with Crippen LogP contribution in [0.25, 0.3) is 0 Å². The van der Waals surface area contributed by atoms with Crippen LogP contribution in [0.4, 0.5) is 0 Å². The Kier molecular flexibility index (Phi) is 2.95. The number of rotatable bonds is 3. The normalized spacial score (nSPS) is 12.5. The van der Waals surface area contributed by atoms with Crippen molar-refractivity contribution in [2.24, 2.45) is 0 Å². The van der Waals surface area contributed by atoms with E-state index in [1.165, 1.54) is 16.9 Å². The standard InChI is InChI=1S/C9H12N2O2/c1-3-8(12)7(2)11-9(13)5-4-6-10-11/h4-7H,3H2,1-2H3. The molecule has 0 saturated carbocycles. The van der Waals surface area contributed by atoms with E-state index < -0.39 is 6.04 Å². The molecule has 0 N–H and O–H groups in total. The van der Waals surface area contributed by atoms with Gasteiger partial charge >= 0.3 is 0 Å². The number of nitrogens with zero attached hydrogens (tertiary/aromatic N) is 2. The van der Waals surface area contributed by atoms with Crippen LogP contribution < -0.4 is 5.56 Å². The summed E-state index contributed by atoms with van der Waals surface area (Å²) in [5.41, 5.74) is -0.239. The Morgan fingerprint density at radius 1 is 1.69 bits per heavy atom. The van der Waals surface area contributed by atoms with Crippen molar-refractivity contribution in [3.63, 3.8) is 0 Å². The fourth-order valence-corrected chi connectivity index (χ4v) is 1.09. The molecular formula is C9H12N2O2. The summed E-state index contributed by atoms with van der Waals surface area (Å²) in [5.74, 6) is 0.0146. The third-order valence-electron chi connectivity index (χ3n) is 1.92. The van der Waals surface area contributed by atoms with Gasteiger partial charge in [0.05, 0.1) is 0 Å². The van der Waals surface area contributed by atoms with Gasteiger partial charge in [0.2, 0.25) is 0 Å². The molecule has 70 valence electrons. The summed E-state index contributed by atoms with van der Waals surface area (Å²) in [7, 11) is 0. The lowest BCUT2D eigenvalue weighted by Crippen LogP contribution is -2.29. The van der Waals surface area contributed by atoms with Crippen LogP contribution in [0.3, 0.4) is 0 Å². The van der Waals surface area contributed by atoms with Crippen LogP contribution >= 0.6 is 0 Å². The lowest BCUT2D eigenvalue weighted by atomic mass is 10.2. The molecule has 0 aliphatic heterocycles. The lowest BCUT2D eigenvalue weighted by molar-refractivity contribution is -0.121. The maximum atomic E-state index is 11.3. The Morgan fingerprint density at radius 2 is 2.38 bits per heavy atom. The SMILES string of the molecule is CCC(=O)C(C)n1ncccc1=O. The molecule has 1 atom stereocenters. The molecule has 0 aliphatic rings. The Balaban J connectivity index is 3.02. The van der Waals surface area contributed by atoms with Crippen molar-refractivity contribution in [3.05, 3.63) is 28.7 Å². The first-order chi connectivity index (χ1) is 6.16. The van der Waals surface area contributed by atoms with Crippen LogP contribution in [-0.4, -0.2) is 15.6 Å². The third-order valence-corrected chi connectivity index (χ3v) is 1.92. The summed E-state index contributed by atoms with van der Waals surface area (Å²) in [6.45, 7) is 3.45. The lowest BCUT2D eigenvalue weighted by Gasteiger charge is -2.10. The van der Waals surface area contributed by atoms with Gasteiger partial charge in [-0.25, -0.2) is 4.68 Å². The van der Waals surface area contributed by atoms with Gasteiger partial charge in [-0.2, -0.15) is 5.10 Å². The number of carbonyl (C=O) groups excluding carboxylic acids is 1. The largest absolute Gasteiger partial charge is 0.297 e. The number of ketones is 1. The predicted octanol–water partition coefficient (Wildman–Crippen LogP) is 0.783. The Morgan fingerprint density at radius 3 is 2.92 bits per heavy atom. The van der Waals surface area contributed by atoms with Gasteiger partial charge < -0.3 is 0 Å². The third kappa shape index (κ3) is 2.02. The Labute approximate surface area is 76.2 Å². The van der Waals surface area contributed by atoms with Crippen LogP contribution in [0.15, 0.2) is 23.1 Å². The van der Waals surface area contributed by atoms with Gasteiger partial charge in [0.1, 0.15) is 6.04 Å². The molecule has 0 radical (unpaired) electrons. The van der Waals surface area contributed by atoms with Crippen molar-refractivity contribution < 1.29 is 4.79 Å². The summed E-state index contributed by atoms with van der Waals surface area (Å²) in [4.78, 5) is 22.5. The molecule has 0 aromatic carbocycles. The van der Waals surface area contributed by atoms with E-state index in [0.717, 1.165) is 0 Å². The zero-order valence-electron chi connectivity index (χ0n) is 7.73. The van der Waals surface area contributed by atoms with Crippen molar-refractivity contribution in [3.8, 4) is 0 Å². The highest BCUT2D eigenvalue weighted by Gasteiger charge is 2.13. The maximum Gasteiger partial charge on any atom is 0.267 e. The highest BCUT2D eigenvalue weighted by Crippen LogP contribution is 2.03. The number of aromatic nitrogens is 2. The van der Waals surface area contributed by atoms with E-state index in [1.807, 2.05) is 0 Å². The molecule has 0 aliphatic carbocycles. The van der Waals surface area contributed by atoms with Crippen LogP contribution in [-0.2, 0) is 4.79 Å². The number of hydrogen-bond acceptors (Lipinski definition) is 3. The zero-order valence-corrected chi connectivity index (χ0v) is 7.73. The monoisotopic (exact) mass is 180 g/mol. The molecule has 1 rings (SSSR count). The van der Waals surface area contributed by atoms with Gasteiger partial charge in [0.25, 0.3) is 5.56 Å². The van der Waals surface area contributed by atoms with Crippen LogP contribution in [0.2, 0.25) is 0 Å². The van der Waals surface area contributed by atoms with Gasteiger partial charge in [0.15, 0.2) is 5.78 Å². The van der Waals surface area contributed by atoms with Gasteiger partial charge in [-0.3, -0.25) is 9.59 Å². The summed E-state index contributed by atoms with van der Waals surface area (Å²) in [6.07, 6.45) is 1.92. The summed E-state index contributed by atoms with van der Waals surface area (Å²) in [5, 5.41) is 3.83. The predicted molar refractivity (Wildman–Crippen MR) is 48.5 cm³/mol. The molecule has 13 heavy (non-hydrogen) atoms. The summed E-state index contributed by atoms with van der Waals surface area (Å²) in [6, 6.07) is 2.49. The fourth-order valence-electron chi connectivity index (χ4n) is 1.09. The molecule has 1 heterocycles. The van der Waals surface area contributed by atoms with E-state index in [1.54, 1.807) is 19.9 Å². The van der Waals surface area contributed by atoms with Gasteiger partial charge in [-0.15, -0.1) is 0 Å². The molecule has 1 aromatic heterocycles. The first-order valence-electron chi connectivity index (χ1n) is 4.23. The van der Waals surface area contributed by atoms with Crippen molar-refractivity contribution in [2.45, 2.75) is 26.3 Å². The molecule has 0 saturated heterocycles.